The average Bonchev–Trinajstić information content (AvgIpc) is 3.05. The first-order chi connectivity index (χ1) is 11.7. The van der Waals surface area contributed by atoms with E-state index < -0.39 is 10.0 Å². The van der Waals surface area contributed by atoms with Crippen molar-refractivity contribution in [2.24, 2.45) is 0 Å². The minimum atomic E-state index is -3.89. The fourth-order valence-corrected chi connectivity index (χ4v) is 4.29. The molecular formula is C16H17ClN4O3S. The molecule has 0 saturated heterocycles. The number of aromatic nitrogens is 3. The zero-order chi connectivity index (χ0) is 18.4. The Labute approximate surface area is 150 Å². The van der Waals surface area contributed by atoms with E-state index in [-0.39, 0.29) is 10.8 Å². The first kappa shape index (κ1) is 17.5. The normalized spacial score (nSPS) is 11.7. The molecule has 2 heterocycles. The summed E-state index contributed by atoms with van der Waals surface area (Å²) in [6.07, 6.45) is 0. The molecule has 2 N–H and O–H groups in total. The largest absolute Gasteiger partial charge is 0.421 e. The van der Waals surface area contributed by atoms with Crippen LogP contribution in [0.15, 0.2) is 27.5 Å². The summed E-state index contributed by atoms with van der Waals surface area (Å²) in [6, 6.07) is 4.97. The van der Waals surface area contributed by atoms with Crippen LogP contribution in [0.1, 0.15) is 22.8 Å². The lowest BCUT2D eigenvalue weighted by atomic mass is 10.2. The number of halogens is 1. The molecule has 0 bridgehead atoms. The van der Waals surface area contributed by atoms with Crippen LogP contribution in [0.25, 0.3) is 11.5 Å². The van der Waals surface area contributed by atoms with E-state index in [0.717, 1.165) is 5.56 Å². The van der Waals surface area contributed by atoms with Gasteiger partial charge in [0.05, 0.1) is 11.3 Å². The lowest BCUT2D eigenvalue weighted by Crippen LogP contribution is -2.14. The van der Waals surface area contributed by atoms with Gasteiger partial charge < -0.3 is 9.40 Å². The van der Waals surface area contributed by atoms with Gasteiger partial charge in [0.15, 0.2) is 0 Å². The van der Waals surface area contributed by atoms with Gasteiger partial charge in [-0.2, -0.15) is 0 Å². The maximum absolute atomic E-state index is 13.0. The molecule has 0 spiro atoms. The molecule has 0 fully saturated rings. The van der Waals surface area contributed by atoms with Gasteiger partial charge in [-0.15, -0.1) is 10.2 Å². The molecule has 0 amide bonds. The van der Waals surface area contributed by atoms with Crippen LogP contribution in [-0.2, 0) is 10.0 Å². The summed E-state index contributed by atoms with van der Waals surface area (Å²) >= 11 is 6.08. The van der Waals surface area contributed by atoms with Gasteiger partial charge in [0.1, 0.15) is 4.90 Å². The van der Waals surface area contributed by atoms with Crippen LogP contribution in [0, 0.1) is 27.7 Å². The Bertz CT molecular complexity index is 1050. The molecule has 0 radical (unpaired) electrons. The fourth-order valence-electron chi connectivity index (χ4n) is 2.61. The quantitative estimate of drug-likeness (QED) is 0.717. The molecule has 9 heteroatoms. The molecule has 3 rings (SSSR count). The number of hydrogen-bond donors (Lipinski definition) is 2. The summed E-state index contributed by atoms with van der Waals surface area (Å²) < 4.78 is 33.9. The van der Waals surface area contributed by atoms with Gasteiger partial charge in [0.25, 0.3) is 15.9 Å². The summed E-state index contributed by atoms with van der Waals surface area (Å²) in [5.41, 5.74) is 2.71. The number of nitrogens with zero attached hydrogens (tertiary/aromatic N) is 2. The minimum absolute atomic E-state index is 0.0744. The van der Waals surface area contributed by atoms with Crippen molar-refractivity contribution in [3.8, 4) is 11.5 Å². The van der Waals surface area contributed by atoms with E-state index in [1.165, 1.54) is 0 Å². The summed E-state index contributed by atoms with van der Waals surface area (Å²) in [4.78, 5) is 3.10. The smallest absolute Gasteiger partial charge is 0.264 e. The van der Waals surface area contributed by atoms with Crippen molar-refractivity contribution in [1.29, 1.82) is 0 Å². The molecule has 0 atom stereocenters. The van der Waals surface area contributed by atoms with Crippen molar-refractivity contribution < 1.29 is 12.8 Å². The Kier molecular flexibility index (Phi) is 4.34. The van der Waals surface area contributed by atoms with Crippen LogP contribution in [0.2, 0.25) is 5.02 Å². The lowest BCUT2D eigenvalue weighted by Gasteiger charge is -2.10. The number of anilines is 1. The predicted molar refractivity (Wildman–Crippen MR) is 95.3 cm³/mol. The highest BCUT2D eigenvalue weighted by atomic mass is 35.5. The zero-order valence-electron chi connectivity index (χ0n) is 14.1. The summed E-state index contributed by atoms with van der Waals surface area (Å²) in [5, 5.41) is 8.21. The van der Waals surface area contributed by atoms with E-state index >= 15 is 0 Å². The van der Waals surface area contributed by atoms with Crippen LogP contribution in [0.4, 0.5) is 5.69 Å². The first-order valence-corrected chi connectivity index (χ1v) is 9.34. The van der Waals surface area contributed by atoms with Crippen molar-refractivity contribution in [3.63, 3.8) is 0 Å². The van der Waals surface area contributed by atoms with E-state index in [4.69, 9.17) is 16.0 Å². The summed E-state index contributed by atoms with van der Waals surface area (Å²) in [5.74, 6) is 0.511. The van der Waals surface area contributed by atoms with E-state index in [9.17, 15) is 8.42 Å². The number of nitrogens with one attached hydrogen (secondary N) is 2. The van der Waals surface area contributed by atoms with Crippen LogP contribution < -0.4 is 4.72 Å². The van der Waals surface area contributed by atoms with Gasteiger partial charge >= 0.3 is 0 Å². The molecule has 0 saturated carbocycles. The molecule has 0 aliphatic heterocycles. The van der Waals surface area contributed by atoms with E-state index in [1.54, 1.807) is 39.0 Å². The van der Waals surface area contributed by atoms with Gasteiger partial charge in [-0.05, 0) is 38.5 Å². The van der Waals surface area contributed by atoms with Gasteiger partial charge in [-0.3, -0.25) is 4.72 Å². The predicted octanol–water partition coefficient (Wildman–Crippen LogP) is 3.75. The Morgan fingerprint density at radius 3 is 2.44 bits per heavy atom. The second kappa shape index (κ2) is 6.20. The van der Waals surface area contributed by atoms with Crippen molar-refractivity contribution in [2.75, 3.05) is 4.72 Å². The van der Waals surface area contributed by atoms with Crippen molar-refractivity contribution >= 4 is 27.3 Å². The van der Waals surface area contributed by atoms with Gasteiger partial charge in [-0.25, -0.2) is 8.42 Å². The number of benzene rings is 1. The minimum Gasteiger partial charge on any atom is -0.421 e. The molecule has 7 nitrogen and oxygen atoms in total. The zero-order valence-corrected chi connectivity index (χ0v) is 15.7. The van der Waals surface area contributed by atoms with Crippen molar-refractivity contribution in [1.82, 2.24) is 15.2 Å². The maximum atomic E-state index is 13.0. The average molecular weight is 381 g/mol. The third-order valence-electron chi connectivity index (χ3n) is 3.75. The Hall–Kier alpha value is -2.32. The summed E-state index contributed by atoms with van der Waals surface area (Å²) in [6.45, 7) is 6.92. The Morgan fingerprint density at radius 2 is 1.84 bits per heavy atom. The molecule has 0 aliphatic rings. The molecule has 1 aromatic carbocycles. The molecular weight excluding hydrogens is 364 g/mol. The highest BCUT2D eigenvalue weighted by Gasteiger charge is 2.29. The number of H-pyrrole nitrogens is 1. The van der Waals surface area contributed by atoms with Crippen LogP contribution in [-0.4, -0.2) is 23.6 Å². The molecule has 2 aromatic heterocycles. The highest BCUT2D eigenvalue weighted by Crippen LogP contribution is 2.34. The number of aromatic amines is 1. The lowest BCUT2D eigenvalue weighted by molar-refractivity contribution is 0.531. The molecule has 25 heavy (non-hydrogen) atoms. The maximum Gasteiger partial charge on any atom is 0.264 e. The standard InChI is InChI=1S/C16H17ClN4O3S/c1-8-5-6-12(7-13(8)17)21-25(22,23)15-10(3)18-9(2)14(15)16-20-19-11(4)24-16/h5-7,18,21H,1-4H3. The van der Waals surface area contributed by atoms with Gasteiger partial charge in [0, 0.05) is 23.3 Å². The molecule has 3 aromatic rings. The Morgan fingerprint density at radius 1 is 1.12 bits per heavy atom. The Balaban J connectivity index is 2.10. The third kappa shape index (κ3) is 3.27. The van der Waals surface area contributed by atoms with Crippen LogP contribution >= 0.6 is 11.6 Å². The van der Waals surface area contributed by atoms with E-state index in [1.807, 2.05) is 6.92 Å². The number of rotatable bonds is 4. The molecule has 0 aliphatic carbocycles. The SMILES string of the molecule is Cc1nnc(-c2c(C)[nH]c(C)c2S(=O)(=O)Nc2ccc(C)c(Cl)c2)o1. The van der Waals surface area contributed by atoms with Gasteiger partial charge in [-0.1, -0.05) is 17.7 Å². The van der Waals surface area contributed by atoms with Crippen LogP contribution in [0.3, 0.4) is 0 Å². The monoisotopic (exact) mass is 380 g/mol. The van der Waals surface area contributed by atoms with Crippen molar-refractivity contribution in [3.05, 3.63) is 46.1 Å². The second-order valence-electron chi connectivity index (χ2n) is 5.77. The van der Waals surface area contributed by atoms with E-state index in [2.05, 4.69) is 19.9 Å². The van der Waals surface area contributed by atoms with E-state index in [0.29, 0.717) is 33.6 Å². The van der Waals surface area contributed by atoms with Crippen LogP contribution in [0.5, 0.6) is 0 Å². The fraction of sp³-hybridized carbons (Fsp3) is 0.250. The first-order valence-electron chi connectivity index (χ1n) is 7.47. The van der Waals surface area contributed by atoms with Gasteiger partial charge in [0.2, 0.25) is 5.89 Å². The summed E-state index contributed by atoms with van der Waals surface area (Å²) in [7, 11) is -3.89. The van der Waals surface area contributed by atoms with Crippen molar-refractivity contribution in [2.45, 2.75) is 32.6 Å². The number of hydrogen-bond acceptors (Lipinski definition) is 5. The number of sulfonamides is 1. The molecule has 132 valence electrons. The topological polar surface area (TPSA) is 101 Å². The highest BCUT2D eigenvalue weighted by molar-refractivity contribution is 7.93. The molecule has 0 unspecified atom stereocenters. The number of aryl methyl sites for hydroxylation is 4. The second-order valence-corrected chi connectivity index (χ2v) is 7.80. The third-order valence-corrected chi connectivity index (χ3v) is 5.71.